The highest BCUT2D eigenvalue weighted by atomic mass is 15.1. The highest BCUT2D eigenvalue weighted by Crippen LogP contribution is 2.25. The van der Waals surface area contributed by atoms with Gasteiger partial charge in [0.25, 0.3) is 0 Å². The van der Waals surface area contributed by atoms with E-state index in [1.165, 1.54) is 43.6 Å². The number of aryl methyl sites for hydroxylation is 10. The lowest BCUT2D eigenvalue weighted by molar-refractivity contribution is 0.414. The third-order valence-electron chi connectivity index (χ3n) is 14.6. The van der Waals surface area contributed by atoms with E-state index in [1.54, 1.807) is 126 Å². The Balaban J connectivity index is 0.000000203. The predicted molar refractivity (Wildman–Crippen MR) is 424 cm³/mol. The molecule has 0 spiro atoms. The Hall–Kier alpha value is -8.96. The van der Waals surface area contributed by atoms with Gasteiger partial charge in [0.1, 0.15) is 0 Å². The molecular formula is C84H112N14. The number of H-pyrrole nitrogens is 7. The number of aromatic amines is 7. The maximum absolute atomic E-state index is 8.23. The van der Waals surface area contributed by atoms with Crippen LogP contribution in [0.4, 0.5) is 0 Å². The molecule has 0 fully saturated rings. The van der Waals surface area contributed by atoms with Crippen LogP contribution in [0.25, 0.3) is 76.3 Å². The summed E-state index contributed by atoms with van der Waals surface area (Å²) in [6.07, 6.45) is -1.89. The van der Waals surface area contributed by atoms with Gasteiger partial charge >= 0.3 is 0 Å². The molecule has 518 valence electrons. The number of hydrogen-bond acceptors (Lipinski definition) is 7. The molecule has 14 nitrogen and oxygen atoms in total. The summed E-state index contributed by atoms with van der Waals surface area (Å²) < 4.78 is 336. The van der Waals surface area contributed by atoms with E-state index >= 15 is 0 Å². The summed E-state index contributed by atoms with van der Waals surface area (Å²) in [6, 6.07) is 45.0. The lowest BCUT2D eigenvalue weighted by Gasteiger charge is -2.08. The summed E-state index contributed by atoms with van der Waals surface area (Å²) in [6.45, 7) is -31.1. The van der Waals surface area contributed by atoms with Crippen molar-refractivity contribution in [1.82, 2.24) is 70.9 Å². The van der Waals surface area contributed by atoms with Gasteiger partial charge in [-0.15, -0.1) is 0 Å². The van der Waals surface area contributed by atoms with Crippen molar-refractivity contribution < 1.29 is 60.3 Å². The van der Waals surface area contributed by atoms with Crippen LogP contribution in [0.1, 0.15) is 123 Å². The fraction of sp³-hybridized carbons (Fsp3) is 0.333. The molecule has 0 saturated heterocycles. The van der Waals surface area contributed by atoms with Gasteiger partial charge in [0.2, 0.25) is 0 Å². The Morgan fingerprint density at radius 2 is 0.653 bits per heavy atom. The van der Waals surface area contributed by atoms with Crippen LogP contribution in [0.2, 0.25) is 0 Å². The van der Waals surface area contributed by atoms with Crippen molar-refractivity contribution in [3.63, 3.8) is 0 Å². The largest absolute Gasteiger partial charge is 0.361 e. The molecule has 0 unspecified atom stereocenters. The van der Waals surface area contributed by atoms with Crippen LogP contribution in [0.3, 0.4) is 0 Å². The Morgan fingerprint density at radius 3 is 1.04 bits per heavy atom. The first kappa shape index (κ1) is 35.2. The molecule has 0 bridgehead atoms. The third kappa shape index (κ3) is 22.5. The minimum atomic E-state index is -3.14. The fourth-order valence-electron chi connectivity index (χ4n) is 9.92. The molecule has 11 N–H and O–H groups in total. The second-order valence-corrected chi connectivity index (χ2v) is 21.8. The van der Waals surface area contributed by atoms with Crippen molar-refractivity contribution in [3.8, 4) is 0 Å². The first-order valence-electron chi connectivity index (χ1n) is 52.7. The average molecular weight is 1360 g/mol. The van der Waals surface area contributed by atoms with E-state index in [4.69, 9.17) is 60.3 Å². The second kappa shape index (κ2) is 39.4. The zero-order valence-electron chi connectivity index (χ0n) is 99.2. The third-order valence-corrected chi connectivity index (χ3v) is 14.6. The van der Waals surface area contributed by atoms with Gasteiger partial charge in [-0.25, -0.2) is 0 Å². The monoisotopic (exact) mass is 1360 g/mol. The van der Waals surface area contributed by atoms with Crippen molar-refractivity contribution >= 4 is 76.3 Å². The second-order valence-electron chi connectivity index (χ2n) is 21.8. The highest BCUT2D eigenvalue weighted by molar-refractivity contribution is 5.87. The number of nitrogens with zero attached hydrogens (tertiary/aromatic N) is 3. The Kier molecular flexibility index (Phi) is 14.2. The van der Waals surface area contributed by atoms with Crippen molar-refractivity contribution in [3.05, 3.63) is 251 Å². The van der Waals surface area contributed by atoms with E-state index in [2.05, 4.69) is 52.3 Å². The molecule has 0 aliphatic heterocycles. The zero-order valence-corrected chi connectivity index (χ0v) is 55.2. The molecule has 0 radical (unpaired) electrons. The molecule has 7 aromatic heterocycles. The number of benzene rings is 7. The van der Waals surface area contributed by atoms with Crippen LogP contribution in [-0.2, 0) is 44.7 Å². The molecule has 7 heterocycles. The molecule has 0 saturated carbocycles. The normalized spacial score (nSPS) is 20.5. The molecule has 14 aromatic rings. The summed E-state index contributed by atoms with van der Waals surface area (Å²) in [5.41, 5.74) is 10.4. The minimum absolute atomic E-state index is 0.0197. The summed E-state index contributed by atoms with van der Waals surface area (Å²) in [4.78, 5) is 22.3. The molecular weight excluding hydrogens is 1210 g/mol. The lowest BCUT2D eigenvalue weighted by Crippen LogP contribution is -2.15. The van der Waals surface area contributed by atoms with Crippen LogP contribution in [0, 0.1) is 20.8 Å². The van der Waals surface area contributed by atoms with Gasteiger partial charge in [-0.3, -0.25) is 0 Å². The molecule has 7 aromatic carbocycles. The number of fused-ring (bicyclic) bond motifs is 7. The van der Waals surface area contributed by atoms with Crippen LogP contribution >= 0.6 is 0 Å². The number of hydrogen-bond donors (Lipinski definition) is 11. The van der Waals surface area contributed by atoms with Gasteiger partial charge in [-0.05, 0) is 261 Å². The molecule has 0 aliphatic carbocycles. The van der Waals surface area contributed by atoms with E-state index < -0.39 is 126 Å². The summed E-state index contributed by atoms with van der Waals surface area (Å²) in [5.74, 6) is 0. The smallest absolute Gasteiger partial charge is 0.0456 e. The first-order chi connectivity index (χ1) is 64.4. The van der Waals surface area contributed by atoms with Gasteiger partial charge in [-0.2, -0.15) is 0 Å². The van der Waals surface area contributed by atoms with E-state index in [1.807, 2.05) is 69.4 Å². The molecule has 0 amide bonds. The van der Waals surface area contributed by atoms with E-state index in [-0.39, 0.29) is 34.2 Å². The molecule has 0 atom stereocenters. The first-order valence-corrected chi connectivity index (χ1v) is 30.7. The topological polar surface area (TPSA) is 168 Å². The van der Waals surface area contributed by atoms with Crippen LogP contribution in [0.5, 0.6) is 0 Å². The quantitative estimate of drug-likeness (QED) is 0.0321. The average Bonchev–Trinajstić information content (AvgIpc) is 0.968. The Bertz CT molecular complexity index is 6570. The maximum Gasteiger partial charge on any atom is 0.0456 e. The molecule has 14 heteroatoms. The predicted octanol–water partition coefficient (Wildman–Crippen LogP) is 15.9. The Labute approximate surface area is 645 Å². The number of para-hydroxylation sites is 4. The summed E-state index contributed by atoms with van der Waals surface area (Å²) >= 11 is 0. The van der Waals surface area contributed by atoms with Gasteiger partial charge < -0.3 is 70.9 Å². The number of aromatic nitrogens is 7. The van der Waals surface area contributed by atoms with Gasteiger partial charge in [0, 0.05) is 200 Å². The van der Waals surface area contributed by atoms with Crippen molar-refractivity contribution in [2.45, 2.75) is 72.3 Å². The summed E-state index contributed by atoms with van der Waals surface area (Å²) in [5, 5.41) is 12.5. The van der Waals surface area contributed by atoms with Crippen molar-refractivity contribution in [2.75, 3.05) is 115 Å². The standard InChI is InChI=1S/C13H18N2.5C12H16N2.C11H14N2/c1-10-4-5-13-12(8-10)11(9-14-13)6-7-15(2)3;2*1-9-3-4-12-11(7-9)10(8-14-12)5-6-13-2;2*1-14(2)8-7-10-9-13-12-6-4-3-5-11(10)12;1-2-13-8-7-10-9-14-12-6-4-3-5-11(10)12;1-12-7-6-9-8-13-11-5-3-2-4-10(9)11/h4-5,8-9,14H,6-7H2,1-3H3;2*3-4,7-8,13-14H,5-6H2,1-2H3;2*3-6,9,13H,7-8H2,1-2H3;3-6,9,13-14H,2,7-8H2,1H3;2-5,8,12-13H,6-7H2,1H3/i2D3,6D2,7D2;2D3,5D2,6D2;6D2;1D3,7D2,8D2;1D3,8D2;1D3,2D2,7D2,8D2;1D3,6D2,7D2. The van der Waals surface area contributed by atoms with Crippen molar-refractivity contribution in [1.29, 1.82) is 0 Å². The highest BCUT2D eigenvalue weighted by Gasteiger charge is 2.09. The van der Waals surface area contributed by atoms with Crippen molar-refractivity contribution in [2.24, 2.45) is 0 Å². The molecule has 14 rings (SSSR count). The number of rotatable bonds is 22. The van der Waals surface area contributed by atoms with Crippen LogP contribution in [0.15, 0.2) is 195 Å². The van der Waals surface area contributed by atoms with E-state index in [9.17, 15) is 0 Å². The molecule has 98 heavy (non-hydrogen) atoms. The zero-order chi connectivity index (χ0) is 108. The number of likely N-dealkylation sites (N-methyl/N-ethyl adjacent to an activating group) is 7. The van der Waals surface area contributed by atoms with Crippen LogP contribution in [-0.4, -0.2) is 165 Å². The van der Waals surface area contributed by atoms with Gasteiger partial charge in [0.15, 0.2) is 0 Å². The van der Waals surface area contributed by atoms with E-state index in [0.29, 0.717) is 70.7 Å². The minimum Gasteiger partial charge on any atom is -0.361 e. The lowest BCUT2D eigenvalue weighted by atomic mass is 10.1. The summed E-state index contributed by atoms with van der Waals surface area (Å²) in [7, 11) is 5.03. The fourth-order valence-corrected chi connectivity index (χ4v) is 9.92. The molecule has 0 aliphatic rings. The number of nitrogens with one attached hydrogen (secondary N) is 11. The SMILES string of the molecule is [2H]C([2H])(Cc1c[nH]c2ccc(C)cc12)NC.[2H]C([2H])([2H])C([2H])([2H])NC([2H])([2H])C([2H])([2H])c1c[nH]c2ccccc12.[2H]C([2H])([2H])N(C)C([2H])([2H])C([2H])([2H])c1c[nH]c2ccc(C)cc12.[2H]C([2H])([2H])N(C)C([2H])([2H])C([2H])([2H])c1c[nH]c2ccccc12.[2H]C([2H])([2H])N(C)C([2H])([2H])Cc1c[nH]c2ccccc12.[2H]C([2H])([2H])NC([2H])([2H])C([2H])([2H])c1c[nH]c2ccc(C)cc12.[2H]C([2H])([2H])NC([2H])([2H])C([2H])([2H])c1c[nH]c2ccccc12. The van der Waals surface area contributed by atoms with Gasteiger partial charge in [0.05, 0.1) is 0 Å². The van der Waals surface area contributed by atoms with Gasteiger partial charge in [-0.1, -0.05) is 115 Å². The van der Waals surface area contributed by atoms with E-state index in [0.717, 1.165) is 63.1 Å². The Morgan fingerprint density at radius 1 is 0.337 bits per heavy atom. The van der Waals surface area contributed by atoms with Crippen LogP contribution < -0.4 is 21.3 Å². The maximum atomic E-state index is 8.23.